The van der Waals surface area contributed by atoms with Crippen molar-refractivity contribution in [1.82, 2.24) is 15.3 Å². The second-order valence-electron chi connectivity index (χ2n) is 3.69. The van der Waals surface area contributed by atoms with Gasteiger partial charge in [0.05, 0.1) is 6.26 Å². The molecule has 6 nitrogen and oxygen atoms in total. The monoisotopic (exact) mass is 246 g/mol. The first-order chi connectivity index (χ1) is 8.77. The number of anilines is 1. The van der Waals surface area contributed by atoms with Crippen LogP contribution in [0.15, 0.2) is 35.2 Å². The minimum absolute atomic E-state index is 0.215. The van der Waals surface area contributed by atoms with E-state index in [4.69, 9.17) is 4.42 Å². The fourth-order valence-corrected chi connectivity index (χ4v) is 1.43. The number of aromatic nitrogens is 2. The molecule has 0 aromatic carbocycles. The highest BCUT2D eigenvalue weighted by atomic mass is 16.3. The van der Waals surface area contributed by atoms with Crippen molar-refractivity contribution in [3.8, 4) is 0 Å². The molecule has 2 rings (SSSR count). The van der Waals surface area contributed by atoms with Crippen molar-refractivity contribution in [2.75, 3.05) is 18.4 Å². The highest BCUT2D eigenvalue weighted by Gasteiger charge is 2.11. The zero-order chi connectivity index (χ0) is 12.8. The Balaban J connectivity index is 1.73. The Morgan fingerprint density at radius 3 is 2.78 bits per heavy atom. The minimum atomic E-state index is -0.215. The van der Waals surface area contributed by atoms with Gasteiger partial charge in [-0.1, -0.05) is 0 Å². The molecule has 0 fully saturated rings. The first kappa shape index (κ1) is 12.1. The molecule has 94 valence electrons. The summed E-state index contributed by atoms with van der Waals surface area (Å²) in [4.78, 5) is 19.7. The largest absolute Gasteiger partial charge is 0.459 e. The van der Waals surface area contributed by atoms with E-state index in [0.717, 1.165) is 5.56 Å². The maximum Gasteiger partial charge on any atom is 0.287 e. The lowest BCUT2D eigenvalue weighted by Crippen LogP contribution is -2.29. The van der Waals surface area contributed by atoms with Crippen LogP contribution in [-0.2, 0) is 0 Å². The Morgan fingerprint density at radius 2 is 2.11 bits per heavy atom. The molecule has 0 saturated heterocycles. The molecule has 2 aromatic heterocycles. The van der Waals surface area contributed by atoms with E-state index >= 15 is 0 Å². The predicted octanol–water partition coefficient (Wildman–Crippen LogP) is 1.22. The van der Waals surface area contributed by atoms with Gasteiger partial charge in [0.1, 0.15) is 0 Å². The molecule has 2 aromatic rings. The number of carbonyl (C=O) groups is 1. The lowest BCUT2D eigenvalue weighted by Gasteiger charge is -2.05. The van der Waals surface area contributed by atoms with Crippen molar-refractivity contribution in [1.29, 1.82) is 0 Å². The fourth-order valence-electron chi connectivity index (χ4n) is 1.43. The van der Waals surface area contributed by atoms with Crippen molar-refractivity contribution in [3.05, 3.63) is 42.1 Å². The van der Waals surface area contributed by atoms with Crippen LogP contribution in [0.5, 0.6) is 0 Å². The summed E-state index contributed by atoms with van der Waals surface area (Å²) in [6, 6.07) is 3.50. The van der Waals surface area contributed by atoms with Crippen LogP contribution in [0.4, 0.5) is 5.95 Å². The van der Waals surface area contributed by atoms with Gasteiger partial charge in [-0.15, -0.1) is 0 Å². The molecular weight excluding hydrogens is 232 g/mol. The van der Waals surface area contributed by atoms with E-state index in [2.05, 4.69) is 20.6 Å². The fraction of sp³-hybridized carbons (Fsp3) is 0.250. The number of carbonyl (C=O) groups excluding carboxylic acids is 1. The number of rotatable bonds is 5. The van der Waals surface area contributed by atoms with E-state index in [1.165, 1.54) is 6.26 Å². The van der Waals surface area contributed by atoms with Crippen molar-refractivity contribution in [2.24, 2.45) is 0 Å². The Hall–Kier alpha value is -2.37. The molecule has 18 heavy (non-hydrogen) atoms. The van der Waals surface area contributed by atoms with Crippen molar-refractivity contribution in [3.63, 3.8) is 0 Å². The van der Waals surface area contributed by atoms with Gasteiger partial charge in [-0.25, -0.2) is 9.97 Å². The second-order valence-corrected chi connectivity index (χ2v) is 3.69. The molecule has 0 bridgehead atoms. The van der Waals surface area contributed by atoms with Crippen molar-refractivity contribution < 1.29 is 9.21 Å². The third-order valence-corrected chi connectivity index (χ3v) is 2.33. The lowest BCUT2D eigenvalue weighted by atomic mass is 10.3. The van der Waals surface area contributed by atoms with Gasteiger partial charge in [-0.2, -0.15) is 0 Å². The average molecular weight is 246 g/mol. The van der Waals surface area contributed by atoms with Crippen LogP contribution in [-0.4, -0.2) is 29.0 Å². The van der Waals surface area contributed by atoms with Crippen LogP contribution in [0.2, 0.25) is 0 Å². The van der Waals surface area contributed by atoms with Crippen molar-refractivity contribution >= 4 is 11.9 Å². The molecule has 0 aliphatic rings. The van der Waals surface area contributed by atoms with E-state index in [1.54, 1.807) is 24.5 Å². The summed E-state index contributed by atoms with van der Waals surface area (Å²) in [6.45, 7) is 2.85. The zero-order valence-corrected chi connectivity index (χ0v) is 10.0. The molecule has 0 aliphatic heterocycles. The number of hydrogen-bond donors (Lipinski definition) is 2. The van der Waals surface area contributed by atoms with E-state index in [-0.39, 0.29) is 5.91 Å². The summed E-state index contributed by atoms with van der Waals surface area (Å²) in [5.41, 5.74) is 0.826. The zero-order valence-electron chi connectivity index (χ0n) is 10.0. The van der Waals surface area contributed by atoms with Gasteiger partial charge in [0.15, 0.2) is 5.76 Å². The maximum atomic E-state index is 11.7. The number of nitrogens with one attached hydrogen (secondary N) is 2. The highest BCUT2D eigenvalue weighted by Crippen LogP contribution is 2.07. The van der Waals surface area contributed by atoms with Crippen LogP contribution >= 0.6 is 0 Å². The van der Waals surface area contributed by atoms with E-state index in [1.807, 2.05) is 6.92 Å². The van der Waals surface area contributed by atoms with E-state index in [0.29, 0.717) is 24.8 Å². The summed E-state index contributed by atoms with van der Waals surface area (Å²) < 4.78 is 5.08. The van der Waals surface area contributed by atoms with Crippen LogP contribution in [0.1, 0.15) is 16.1 Å². The molecule has 0 spiro atoms. The first-order valence-electron chi connectivity index (χ1n) is 5.60. The number of amides is 1. The topological polar surface area (TPSA) is 80.0 Å². The molecule has 0 aliphatic carbocycles. The summed E-state index contributed by atoms with van der Waals surface area (Å²) in [5, 5.41) is 5.74. The molecule has 0 atom stereocenters. The average Bonchev–Trinajstić information content (AvgIpc) is 2.82. The minimum Gasteiger partial charge on any atom is -0.459 e. The molecule has 0 unspecified atom stereocenters. The van der Waals surface area contributed by atoms with Gasteiger partial charge in [0, 0.05) is 31.0 Å². The summed E-state index contributed by atoms with van der Waals surface area (Å²) in [7, 11) is 0. The summed E-state index contributed by atoms with van der Waals surface area (Å²) in [5.74, 6) is 0.681. The summed E-state index contributed by atoms with van der Waals surface area (Å²) >= 11 is 0. The molecule has 2 N–H and O–H groups in total. The first-order valence-corrected chi connectivity index (χ1v) is 5.60. The Bertz CT molecular complexity index is 510. The quantitative estimate of drug-likeness (QED) is 0.775. The molecular formula is C12H14N4O2. The third-order valence-electron chi connectivity index (χ3n) is 2.33. The molecule has 0 saturated carbocycles. The van der Waals surface area contributed by atoms with Gasteiger partial charge in [-0.05, 0) is 19.1 Å². The van der Waals surface area contributed by atoms with Crippen molar-refractivity contribution in [2.45, 2.75) is 6.92 Å². The predicted molar refractivity (Wildman–Crippen MR) is 66.3 cm³/mol. The van der Waals surface area contributed by atoms with Gasteiger partial charge >= 0.3 is 0 Å². The highest BCUT2D eigenvalue weighted by molar-refractivity contribution is 5.92. The maximum absolute atomic E-state index is 11.7. The van der Waals surface area contributed by atoms with E-state index < -0.39 is 0 Å². The summed E-state index contributed by atoms with van der Waals surface area (Å²) in [6.07, 6.45) is 4.81. The molecule has 6 heteroatoms. The lowest BCUT2D eigenvalue weighted by molar-refractivity contribution is 0.0926. The molecule has 1 amide bonds. The second kappa shape index (κ2) is 5.81. The van der Waals surface area contributed by atoms with Crippen LogP contribution in [0.3, 0.4) is 0 Å². The van der Waals surface area contributed by atoms with Crippen LogP contribution < -0.4 is 10.6 Å². The normalized spacial score (nSPS) is 10.1. The smallest absolute Gasteiger partial charge is 0.287 e. The van der Waals surface area contributed by atoms with Crippen LogP contribution in [0, 0.1) is 6.92 Å². The van der Waals surface area contributed by atoms with Gasteiger partial charge in [-0.3, -0.25) is 4.79 Å². The number of hydrogen-bond acceptors (Lipinski definition) is 5. The van der Waals surface area contributed by atoms with Gasteiger partial charge < -0.3 is 15.1 Å². The number of furan rings is 1. The Morgan fingerprint density at radius 1 is 1.33 bits per heavy atom. The Kier molecular flexibility index (Phi) is 3.90. The number of aryl methyl sites for hydroxylation is 1. The van der Waals surface area contributed by atoms with Gasteiger partial charge in [0.25, 0.3) is 5.91 Å². The molecule has 0 radical (unpaired) electrons. The standard InChI is InChI=1S/C12H14N4O2/c1-9-3-8-18-10(9)11(17)13-6-7-16-12-14-4-2-5-15-12/h2-5,8H,6-7H2,1H3,(H,13,17)(H,14,15,16). The van der Waals surface area contributed by atoms with Gasteiger partial charge in [0.2, 0.25) is 5.95 Å². The van der Waals surface area contributed by atoms with E-state index in [9.17, 15) is 4.79 Å². The molecule has 2 heterocycles. The Labute approximate surface area is 104 Å². The number of nitrogens with zero attached hydrogens (tertiary/aromatic N) is 2. The SMILES string of the molecule is Cc1ccoc1C(=O)NCCNc1ncccn1. The van der Waals surface area contributed by atoms with Crippen LogP contribution in [0.25, 0.3) is 0 Å². The third kappa shape index (κ3) is 3.07.